The molecule has 1 heterocycles. The molecule has 27 heavy (non-hydrogen) atoms. The summed E-state index contributed by atoms with van der Waals surface area (Å²) < 4.78 is 24.5. The number of hydrazine groups is 1. The quantitative estimate of drug-likeness (QED) is 0.610. The largest absolute Gasteiger partial charge is 0.480 e. The van der Waals surface area contributed by atoms with Crippen molar-refractivity contribution in [3.8, 4) is 5.75 Å². The molecule has 0 aliphatic carbocycles. The summed E-state index contributed by atoms with van der Waals surface area (Å²) in [6.45, 7) is 3.27. The van der Waals surface area contributed by atoms with E-state index in [0.717, 1.165) is 5.39 Å². The molecule has 0 fully saturated rings. The summed E-state index contributed by atoms with van der Waals surface area (Å²) in [4.78, 5) is 24.5. The maximum absolute atomic E-state index is 13.1. The third kappa shape index (κ3) is 4.11. The second-order valence-corrected chi connectivity index (χ2v) is 6.68. The zero-order valence-corrected chi connectivity index (χ0v) is 16.1. The van der Waals surface area contributed by atoms with Gasteiger partial charge in [-0.2, -0.15) is 0 Å². The molecule has 2 amide bonds. The number of hydrogen-bond donors (Lipinski definition) is 2. The number of hydrogen-bond acceptors (Lipinski definition) is 4. The lowest BCUT2D eigenvalue weighted by molar-refractivity contribution is -0.128. The van der Waals surface area contributed by atoms with E-state index in [1.54, 1.807) is 19.1 Å². The number of para-hydroxylation sites is 1. The number of carbonyl (C=O) groups is 2. The highest BCUT2D eigenvalue weighted by Gasteiger charge is 2.20. The number of fused-ring (bicyclic) bond motifs is 1. The van der Waals surface area contributed by atoms with Crippen LogP contribution in [-0.4, -0.2) is 17.9 Å². The fraction of sp³-hybridized carbons (Fsp3) is 0.158. The fourth-order valence-corrected chi connectivity index (χ4v) is 2.93. The lowest BCUT2D eigenvalue weighted by Gasteiger charge is -2.16. The van der Waals surface area contributed by atoms with Crippen molar-refractivity contribution in [1.82, 2.24) is 10.9 Å². The Hall–Kier alpha value is -2.87. The first-order valence-corrected chi connectivity index (χ1v) is 8.86. The number of aryl methyl sites for hydroxylation is 1. The molecule has 0 aliphatic rings. The predicted molar refractivity (Wildman–Crippen MR) is 101 cm³/mol. The van der Waals surface area contributed by atoms with Gasteiger partial charge in [-0.25, -0.2) is 4.39 Å². The highest BCUT2D eigenvalue weighted by molar-refractivity contribution is 9.10. The summed E-state index contributed by atoms with van der Waals surface area (Å²) in [5.74, 6) is -1.16. The summed E-state index contributed by atoms with van der Waals surface area (Å²) in [7, 11) is 0. The Bertz CT molecular complexity index is 1020. The van der Waals surface area contributed by atoms with Gasteiger partial charge in [-0.1, -0.05) is 18.2 Å². The SMILES string of the molecule is Cc1c(C(=O)NNC(=O)C(C)Oc2ccc(F)cc2Br)oc2ccccc12. The number of nitrogens with one attached hydrogen (secondary N) is 2. The number of amides is 2. The van der Waals surface area contributed by atoms with Crippen LogP contribution < -0.4 is 15.6 Å². The molecule has 0 saturated carbocycles. The molecule has 0 aliphatic heterocycles. The van der Waals surface area contributed by atoms with Crippen LogP contribution in [0.1, 0.15) is 23.0 Å². The van der Waals surface area contributed by atoms with Crippen molar-refractivity contribution < 1.29 is 23.1 Å². The van der Waals surface area contributed by atoms with Gasteiger partial charge in [-0.3, -0.25) is 20.4 Å². The fourth-order valence-electron chi connectivity index (χ4n) is 2.48. The zero-order chi connectivity index (χ0) is 19.6. The molecule has 0 saturated heterocycles. The topological polar surface area (TPSA) is 80.6 Å². The minimum absolute atomic E-state index is 0.117. The molecule has 1 aromatic heterocycles. The smallest absolute Gasteiger partial charge is 0.305 e. The lowest BCUT2D eigenvalue weighted by atomic mass is 10.1. The Kier molecular flexibility index (Phi) is 5.46. The van der Waals surface area contributed by atoms with Crippen LogP contribution in [0.25, 0.3) is 11.0 Å². The monoisotopic (exact) mass is 434 g/mol. The van der Waals surface area contributed by atoms with Gasteiger partial charge in [0.1, 0.15) is 17.1 Å². The van der Waals surface area contributed by atoms with Crippen LogP contribution >= 0.6 is 15.9 Å². The molecule has 1 unspecified atom stereocenters. The molecule has 6 nitrogen and oxygen atoms in total. The molecular formula is C19H16BrFN2O4. The van der Waals surface area contributed by atoms with Gasteiger partial charge in [0.05, 0.1) is 4.47 Å². The second-order valence-electron chi connectivity index (χ2n) is 5.83. The van der Waals surface area contributed by atoms with E-state index < -0.39 is 23.7 Å². The number of ether oxygens (including phenoxy) is 1. The van der Waals surface area contributed by atoms with Gasteiger partial charge in [0.25, 0.3) is 5.91 Å². The van der Waals surface area contributed by atoms with Gasteiger partial charge in [0, 0.05) is 10.9 Å². The molecule has 140 valence electrons. The third-order valence-corrected chi connectivity index (χ3v) is 4.54. The molecule has 3 rings (SSSR count). The second kappa shape index (κ2) is 7.79. The van der Waals surface area contributed by atoms with Crippen molar-refractivity contribution in [2.24, 2.45) is 0 Å². The minimum atomic E-state index is -0.927. The number of halogens is 2. The Morgan fingerprint density at radius 2 is 1.93 bits per heavy atom. The Morgan fingerprint density at radius 3 is 2.63 bits per heavy atom. The molecule has 2 N–H and O–H groups in total. The van der Waals surface area contributed by atoms with E-state index in [1.165, 1.54) is 25.1 Å². The maximum atomic E-state index is 13.1. The molecule has 8 heteroatoms. The minimum Gasteiger partial charge on any atom is -0.480 e. The summed E-state index contributed by atoms with van der Waals surface area (Å²) in [6, 6.07) is 11.1. The first-order valence-electron chi connectivity index (χ1n) is 8.07. The van der Waals surface area contributed by atoms with E-state index >= 15 is 0 Å². The van der Waals surface area contributed by atoms with Gasteiger partial charge >= 0.3 is 5.91 Å². The molecule has 2 aromatic carbocycles. The van der Waals surface area contributed by atoms with Crippen molar-refractivity contribution in [1.29, 1.82) is 0 Å². The van der Waals surface area contributed by atoms with Crippen LogP contribution in [0.3, 0.4) is 0 Å². The van der Waals surface area contributed by atoms with Crippen molar-refractivity contribution in [2.75, 3.05) is 0 Å². The number of benzene rings is 2. The van der Waals surface area contributed by atoms with E-state index in [1.807, 2.05) is 12.1 Å². The van der Waals surface area contributed by atoms with E-state index in [2.05, 4.69) is 26.8 Å². The highest BCUT2D eigenvalue weighted by atomic mass is 79.9. The third-order valence-electron chi connectivity index (χ3n) is 3.92. The lowest BCUT2D eigenvalue weighted by Crippen LogP contribution is -2.47. The predicted octanol–water partition coefficient (Wildman–Crippen LogP) is 3.87. The maximum Gasteiger partial charge on any atom is 0.305 e. The van der Waals surface area contributed by atoms with Crippen LogP contribution in [0, 0.1) is 12.7 Å². The standard InChI is InChI=1S/C19H16BrFN2O4/c1-10-13-5-3-4-6-15(13)27-17(10)19(25)23-22-18(24)11(2)26-16-8-7-12(21)9-14(16)20/h3-9,11H,1-2H3,(H,22,24)(H,23,25). The molecule has 1 atom stereocenters. The van der Waals surface area contributed by atoms with Gasteiger partial charge in [0.2, 0.25) is 0 Å². The van der Waals surface area contributed by atoms with Crippen LogP contribution in [-0.2, 0) is 4.79 Å². The zero-order valence-electron chi connectivity index (χ0n) is 14.5. The van der Waals surface area contributed by atoms with Crippen LogP contribution in [0.5, 0.6) is 5.75 Å². The van der Waals surface area contributed by atoms with Crippen LogP contribution in [0.15, 0.2) is 51.4 Å². The van der Waals surface area contributed by atoms with Crippen molar-refractivity contribution >= 4 is 38.7 Å². The van der Waals surface area contributed by atoms with Crippen molar-refractivity contribution in [3.05, 3.63) is 64.1 Å². The molecule has 3 aromatic rings. The van der Waals surface area contributed by atoms with Gasteiger partial charge < -0.3 is 9.15 Å². The molecule has 0 radical (unpaired) electrons. The molecule has 0 spiro atoms. The highest BCUT2D eigenvalue weighted by Crippen LogP contribution is 2.26. The van der Waals surface area contributed by atoms with E-state index in [9.17, 15) is 14.0 Å². The van der Waals surface area contributed by atoms with Gasteiger partial charge in [-0.15, -0.1) is 0 Å². The van der Waals surface area contributed by atoms with Crippen molar-refractivity contribution in [3.63, 3.8) is 0 Å². The van der Waals surface area contributed by atoms with E-state index in [4.69, 9.17) is 9.15 Å². The first-order chi connectivity index (χ1) is 12.9. The summed E-state index contributed by atoms with van der Waals surface area (Å²) in [5.41, 5.74) is 5.86. The molecular weight excluding hydrogens is 419 g/mol. The normalized spacial score (nSPS) is 11.9. The summed E-state index contributed by atoms with van der Waals surface area (Å²) in [5, 5.41) is 0.826. The molecule has 0 bridgehead atoms. The van der Waals surface area contributed by atoms with Crippen molar-refractivity contribution in [2.45, 2.75) is 20.0 Å². The van der Waals surface area contributed by atoms with Gasteiger partial charge in [0.15, 0.2) is 11.9 Å². The Morgan fingerprint density at radius 1 is 1.19 bits per heavy atom. The Labute approximate surface area is 162 Å². The summed E-state index contributed by atoms with van der Waals surface area (Å²) in [6.07, 6.45) is -0.927. The van der Waals surface area contributed by atoms with E-state index in [-0.39, 0.29) is 5.76 Å². The van der Waals surface area contributed by atoms with Gasteiger partial charge in [-0.05, 0) is 54.0 Å². The first kappa shape index (κ1) is 18.9. The average Bonchev–Trinajstić information content (AvgIpc) is 2.99. The van der Waals surface area contributed by atoms with Crippen LogP contribution in [0.4, 0.5) is 4.39 Å². The number of furan rings is 1. The number of rotatable bonds is 4. The van der Waals surface area contributed by atoms with E-state index in [0.29, 0.717) is 21.4 Å². The Balaban J connectivity index is 1.62. The summed E-state index contributed by atoms with van der Waals surface area (Å²) >= 11 is 3.16. The van der Waals surface area contributed by atoms with Crippen LogP contribution in [0.2, 0.25) is 0 Å². The average molecular weight is 435 g/mol. The number of carbonyl (C=O) groups excluding carboxylic acids is 2.